The molecular formula is C27H25N3O4S. The van der Waals surface area contributed by atoms with Crippen molar-refractivity contribution in [2.45, 2.75) is 11.9 Å². The first-order chi connectivity index (χ1) is 17.1. The third-order valence-corrected chi connectivity index (χ3v) is 6.52. The molecule has 35 heavy (non-hydrogen) atoms. The van der Waals surface area contributed by atoms with Gasteiger partial charge in [0.1, 0.15) is 29.8 Å². The molecule has 4 aromatic rings. The largest absolute Gasteiger partial charge is 0.497 e. The van der Waals surface area contributed by atoms with Gasteiger partial charge in [-0.3, -0.25) is 4.79 Å². The third-order valence-electron chi connectivity index (χ3n) is 5.54. The number of methoxy groups -OCH3 is 1. The minimum absolute atomic E-state index is 0.132. The van der Waals surface area contributed by atoms with Gasteiger partial charge in [-0.15, -0.1) is 0 Å². The number of carbonyl (C=O) groups is 1. The highest BCUT2D eigenvalue weighted by atomic mass is 32.2. The van der Waals surface area contributed by atoms with Crippen molar-refractivity contribution in [3.05, 3.63) is 72.3 Å². The normalized spacial score (nSPS) is 12.3. The molecule has 0 saturated heterocycles. The number of aryl methyl sites for hydroxylation is 1. The lowest BCUT2D eigenvalue weighted by atomic mass is 10.1. The fourth-order valence-corrected chi connectivity index (χ4v) is 4.52. The molecule has 3 aromatic carbocycles. The summed E-state index contributed by atoms with van der Waals surface area (Å²) in [5, 5.41) is 3.68. The Hall–Kier alpha value is -3.91. The number of hydrogen-bond donors (Lipinski definition) is 2. The predicted octanol–water partition coefficient (Wildman–Crippen LogP) is 5.56. The number of anilines is 1. The Balaban J connectivity index is 1.35. The molecular weight excluding hydrogens is 462 g/mol. The molecule has 1 amide bonds. The summed E-state index contributed by atoms with van der Waals surface area (Å²) < 4.78 is 16.4. The van der Waals surface area contributed by atoms with Gasteiger partial charge in [0.25, 0.3) is 0 Å². The molecule has 0 aliphatic carbocycles. The van der Waals surface area contributed by atoms with Gasteiger partial charge in [-0.2, -0.15) is 0 Å². The van der Waals surface area contributed by atoms with Gasteiger partial charge in [0.2, 0.25) is 5.91 Å². The van der Waals surface area contributed by atoms with Crippen LogP contribution in [-0.2, 0) is 4.79 Å². The van der Waals surface area contributed by atoms with E-state index in [0.717, 1.165) is 33.4 Å². The second-order valence-electron chi connectivity index (χ2n) is 8.06. The van der Waals surface area contributed by atoms with Gasteiger partial charge >= 0.3 is 0 Å². The molecule has 7 nitrogen and oxygen atoms in total. The SMILES string of the molecule is COc1ccc(-c2[nH]c(-c3ccc(C)cc3)nc2SCC(=O)Nc2ccc3c(c2)OCCO3)cc1. The first kappa shape index (κ1) is 22.9. The van der Waals surface area contributed by atoms with Crippen molar-refractivity contribution in [2.75, 3.05) is 31.4 Å². The van der Waals surface area contributed by atoms with Gasteiger partial charge in [0.15, 0.2) is 11.5 Å². The molecule has 8 heteroatoms. The standard InChI is InChI=1S/C27H25N3O4S/c1-17-3-5-19(6-4-17)26-29-25(18-7-10-21(32-2)11-8-18)27(30-26)35-16-24(31)28-20-9-12-22-23(15-20)34-14-13-33-22/h3-12,15H,13-14,16H2,1-2H3,(H,28,31)(H,29,30). The monoisotopic (exact) mass is 487 g/mol. The average Bonchev–Trinajstić information content (AvgIpc) is 3.32. The minimum Gasteiger partial charge on any atom is -0.497 e. The van der Waals surface area contributed by atoms with Crippen molar-refractivity contribution in [3.8, 4) is 39.9 Å². The van der Waals surface area contributed by atoms with Gasteiger partial charge in [-0.25, -0.2) is 4.98 Å². The minimum atomic E-state index is -0.132. The Bertz CT molecular complexity index is 1330. The van der Waals surface area contributed by atoms with Gasteiger partial charge in [-0.05, 0) is 43.3 Å². The molecule has 0 atom stereocenters. The maximum Gasteiger partial charge on any atom is 0.234 e. The summed E-state index contributed by atoms with van der Waals surface area (Å²) in [6.45, 7) is 3.08. The highest BCUT2D eigenvalue weighted by Gasteiger charge is 2.17. The molecule has 2 heterocycles. The van der Waals surface area contributed by atoms with E-state index in [1.165, 1.54) is 17.3 Å². The van der Waals surface area contributed by atoms with E-state index in [4.69, 9.17) is 19.2 Å². The molecule has 1 aliphatic rings. The van der Waals surface area contributed by atoms with E-state index < -0.39 is 0 Å². The molecule has 0 fully saturated rings. The Morgan fingerprint density at radius 1 is 1.00 bits per heavy atom. The summed E-state index contributed by atoms with van der Waals surface area (Å²) >= 11 is 1.39. The molecule has 1 aliphatic heterocycles. The quantitative estimate of drug-likeness (QED) is 0.332. The van der Waals surface area contributed by atoms with E-state index in [-0.39, 0.29) is 11.7 Å². The molecule has 0 saturated carbocycles. The number of imidazole rings is 1. The zero-order chi connectivity index (χ0) is 24.2. The van der Waals surface area contributed by atoms with E-state index in [9.17, 15) is 4.79 Å². The zero-order valence-electron chi connectivity index (χ0n) is 19.5. The number of rotatable bonds is 7. The van der Waals surface area contributed by atoms with Crippen molar-refractivity contribution in [3.63, 3.8) is 0 Å². The van der Waals surface area contributed by atoms with Gasteiger partial charge < -0.3 is 24.5 Å². The lowest BCUT2D eigenvalue weighted by Crippen LogP contribution is -2.17. The molecule has 2 N–H and O–H groups in total. The molecule has 0 unspecified atom stereocenters. The lowest BCUT2D eigenvalue weighted by molar-refractivity contribution is -0.113. The number of thioether (sulfide) groups is 1. The summed E-state index contributed by atoms with van der Waals surface area (Å²) in [4.78, 5) is 21.0. The number of nitrogens with zero attached hydrogens (tertiary/aromatic N) is 1. The number of hydrogen-bond acceptors (Lipinski definition) is 6. The van der Waals surface area contributed by atoms with Gasteiger partial charge in [0.05, 0.1) is 18.6 Å². The molecule has 0 spiro atoms. The Kier molecular flexibility index (Phi) is 6.63. The molecule has 1 aromatic heterocycles. The van der Waals surface area contributed by atoms with E-state index in [0.29, 0.717) is 30.4 Å². The number of amides is 1. The van der Waals surface area contributed by atoms with Gasteiger partial charge in [-0.1, -0.05) is 41.6 Å². The highest BCUT2D eigenvalue weighted by Crippen LogP contribution is 2.35. The average molecular weight is 488 g/mol. The Labute approximate surface area is 207 Å². The van der Waals surface area contributed by atoms with Crippen LogP contribution >= 0.6 is 11.8 Å². The topological polar surface area (TPSA) is 85.5 Å². The van der Waals surface area contributed by atoms with Crippen LogP contribution in [0.2, 0.25) is 0 Å². The van der Waals surface area contributed by atoms with Crippen LogP contribution in [0.15, 0.2) is 71.8 Å². The third kappa shape index (κ3) is 5.27. The maximum atomic E-state index is 12.7. The molecule has 5 rings (SSSR count). The van der Waals surface area contributed by atoms with Crippen LogP contribution in [0.4, 0.5) is 5.69 Å². The first-order valence-corrected chi connectivity index (χ1v) is 12.2. The van der Waals surface area contributed by atoms with Crippen LogP contribution in [0, 0.1) is 6.92 Å². The molecule has 0 bridgehead atoms. The predicted molar refractivity (Wildman–Crippen MR) is 138 cm³/mol. The van der Waals surface area contributed by atoms with E-state index >= 15 is 0 Å². The number of nitrogens with one attached hydrogen (secondary N) is 2. The number of aromatic nitrogens is 2. The van der Waals surface area contributed by atoms with E-state index in [1.54, 1.807) is 19.2 Å². The second kappa shape index (κ2) is 10.1. The number of ether oxygens (including phenoxy) is 3. The molecule has 0 radical (unpaired) electrons. The zero-order valence-corrected chi connectivity index (χ0v) is 20.3. The molecule has 178 valence electrons. The summed E-state index contributed by atoms with van der Waals surface area (Å²) in [6.07, 6.45) is 0. The van der Waals surface area contributed by atoms with Crippen LogP contribution in [0.25, 0.3) is 22.6 Å². The van der Waals surface area contributed by atoms with Crippen LogP contribution in [-0.4, -0.2) is 42.0 Å². The summed E-state index contributed by atoms with van der Waals surface area (Å²) in [5.74, 6) is 2.93. The summed E-state index contributed by atoms with van der Waals surface area (Å²) in [7, 11) is 1.64. The second-order valence-corrected chi connectivity index (χ2v) is 9.02. The number of aromatic amines is 1. The highest BCUT2D eigenvalue weighted by molar-refractivity contribution is 8.00. The van der Waals surface area contributed by atoms with Crippen molar-refractivity contribution in [1.29, 1.82) is 0 Å². The fraction of sp³-hybridized carbons (Fsp3) is 0.185. The van der Waals surface area contributed by atoms with Crippen LogP contribution in [0.1, 0.15) is 5.56 Å². The number of H-pyrrole nitrogens is 1. The lowest BCUT2D eigenvalue weighted by Gasteiger charge is -2.19. The van der Waals surface area contributed by atoms with Gasteiger partial charge in [0, 0.05) is 22.9 Å². The van der Waals surface area contributed by atoms with Crippen LogP contribution in [0.3, 0.4) is 0 Å². The summed E-state index contributed by atoms with van der Waals surface area (Å²) in [5.41, 5.74) is 4.66. The van der Waals surface area contributed by atoms with Crippen molar-refractivity contribution >= 4 is 23.4 Å². The number of benzene rings is 3. The fourth-order valence-electron chi connectivity index (χ4n) is 3.72. The maximum absolute atomic E-state index is 12.7. The van der Waals surface area contributed by atoms with E-state index in [2.05, 4.69) is 29.4 Å². The van der Waals surface area contributed by atoms with Crippen molar-refractivity contribution < 1.29 is 19.0 Å². The first-order valence-electron chi connectivity index (χ1n) is 11.2. The summed E-state index contributed by atoms with van der Waals surface area (Å²) in [6, 6.07) is 21.3. The van der Waals surface area contributed by atoms with Crippen molar-refractivity contribution in [2.24, 2.45) is 0 Å². The van der Waals surface area contributed by atoms with Crippen LogP contribution in [0.5, 0.6) is 17.2 Å². The van der Waals surface area contributed by atoms with Crippen LogP contribution < -0.4 is 19.5 Å². The Morgan fingerprint density at radius 3 is 2.46 bits per heavy atom. The number of carbonyl (C=O) groups excluding carboxylic acids is 1. The number of fused-ring (bicyclic) bond motifs is 1. The smallest absolute Gasteiger partial charge is 0.234 e. The van der Waals surface area contributed by atoms with Crippen molar-refractivity contribution in [1.82, 2.24) is 9.97 Å². The van der Waals surface area contributed by atoms with E-state index in [1.807, 2.05) is 42.5 Å². The Morgan fingerprint density at radius 2 is 1.71 bits per heavy atom.